The van der Waals surface area contributed by atoms with Gasteiger partial charge in [0, 0.05) is 6.54 Å². The molecule has 1 aliphatic rings. The molecule has 4 unspecified atom stereocenters. The van der Waals surface area contributed by atoms with E-state index < -0.39 is 66.9 Å². The van der Waals surface area contributed by atoms with Crippen LogP contribution in [0.3, 0.4) is 0 Å². The lowest BCUT2D eigenvalue weighted by Gasteiger charge is -2.28. The maximum atomic E-state index is 12.5. The second-order valence-electron chi connectivity index (χ2n) is 6.24. The molecule has 0 spiro atoms. The van der Waals surface area contributed by atoms with Gasteiger partial charge >= 0.3 is 11.9 Å². The van der Waals surface area contributed by atoms with Crippen molar-refractivity contribution in [2.75, 3.05) is 13.1 Å². The summed E-state index contributed by atoms with van der Waals surface area (Å²) in [5.74, 6) is -4.87. The van der Waals surface area contributed by atoms with E-state index in [1.165, 1.54) is 6.92 Å². The van der Waals surface area contributed by atoms with Crippen LogP contribution < -0.4 is 16.4 Å². The molecule has 1 fully saturated rings. The molecule has 0 aromatic carbocycles. The predicted molar refractivity (Wildman–Crippen MR) is 89.2 cm³/mol. The molecule has 3 amide bonds. The van der Waals surface area contributed by atoms with E-state index in [1.54, 1.807) is 0 Å². The van der Waals surface area contributed by atoms with Crippen molar-refractivity contribution < 1.29 is 39.3 Å². The number of likely N-dealkylation sites (tertiary alicyclic amines) is 1. The van der Waals surface area contributed by atoms with Crippen LogP contribution in [0.2, 0.25) is 0 Å². The number of carboxylic acids is 2. The summed E-state index contributed by atoms with van der Waals surface area (Å²) in [6, 6.07) is -3.75. The first-order valence-electron chi connectivity index (χ1n) is 8.30. The molecular weight excluding hydrogens is 364 g/mol. The van der Waals surface area contributed by atoms with Crippen LogP contribution in [-0.2, 0) is 24.0 Å². The summed E-state index contributed by atoms with van der Waals surface area (Å²) in [5, 5.41) is 31.9. The second-order valence-corrected chi connectivity index (χ2v) is 6.24. The maximum Gasteiger partial charge on any atom is 0.326 e. The zero-order valence-corrected chi connectivity index (χ0v) is 14.8. The summed E-state index contributed by atoms with van der Waals surface area (Å²) >= 11 is 0. The molecule has 0 radical (unpaired) electrons. The topological polar surface area (TPSA) is 199 Å². The summed E-state index contributed by atoms with van der Waals surface area (Å²) < 4.78 is 0. The molecule has 12 nitrogen and oxygen atoms in total. The highest BCUT2D eigenvalue weighted by atomic mass is 16.4. The Balaban J connectivity index is 2.65. The van der Waals surface area contributed by atoms with Crippen molar-refractivity contribution in [3.05, 3.63) is 0 Å². The summed E-state index contributed by atoms with van der Waals surface area (Å²) in [7, 11) is 0. The van der Waals surface area contributed by atoms with Gasteiger partial charge in [-0.05, 0) is 19.8 Å². The SMILES string of the molecule is CC(O)C(NC(=O)CNC(=O)C(N)CC(=O)O)C(=O)N1CCCC1C(=O)O. The Labute approximate surface area is 154 Å². The van der Waals surface area contributed by atoms with E-state index >= 15 is 0 Å². The lowest BCUT2D eigenvalue weighted by molar-refractivity contribution is -0.150. The van der Waals surface area contributed by atoms with Crippen LogP contribution >= 0.6 is 0 Å². The molecule has 0 saturated carbocycles. The summed E-state index contributed by atoms with van der Waals surface area (Å²) in [6.45, 7) is 0.858. The molecule has 1 rings (SSSR count). The molecule has 1 heterocycles. The van der Waals surface area contributed by atoms with E-state index in [2.05, 4.69) is 10.6 Å². The third-order valence-corrected chi connectivity index (χ3v) is 4.04. The molecule has 0 aromatic rings. The molecule has 0 bridgehead atoms. The molecule has 4 atom stereocenters. The number of nitrogens with two attached hydrogens (primary N) is 1. The predicted octanol–water partition coefficient (Wildman–Crippen LogP) is -3.15. The Morgan fingerprint density at radius 3 is 2.37 bits per heavy atom. The van der Waals surface area contributed by atoms with Gasteiger partial charge in [-0.25, -0.2) is 4.79 Å². The average Bonchev–Trinajstić information content (AvgIpc) is 3.05. The van der Waals surface area contributed by atoms with Gasteiger partial charge in [0.2, 0.25) is 17.7 Å². The van der Waals surface area contributed by atoms with Crippen LogP contribution in [0.25, 0.3) is 0 Å². The largest absolute Gasteiger partial charge is 0.481 e. The van der Waals surface area contributed by atoms with Gasteiger partial charge in [-0.1, -0.05) is 0 Å². The van der Waals surface area contributed by atoms with E-state index in [-0.39, 0.29) is 13.0 Å². The fourth-order valence-electron chi connectivity index (χ4n) is 2.66. The number of aliphatic hydroxyl groups is 1. The first kappa shape index (κ1) is 22.3. The van der Waals surface area contributed by atoms with Crippen LogP contribution in [0.15, 0.2) is 0 Å². The average molecular weight is 388 g/mol. The molecule has 1 saturated heterocycles. The molecule has 0 aliphatic carbocycles. The minimum atomic E-state index is -1.39. The second kappa shape index (κ2) is 9.83. The van der Waals surface area contributed by atoms with Crippen molar-refractivity contribution in [2.45, 2.75) is 50.4 Å². The number of carbonyl (C=O) groups is 5. The zero-order chi connectivity index (χ0) is 20.7. The lowest BCUT2D eigenvalue weighted by Crippen LogP contribution is -2.57. The Kier molecular flexibility index (Phi) is 8.12. The van der Waals surface area contributed by atoms with Crippen molar-refractivity contribution in [3.63, 3.8) is 0 Å². The summed E-state index contributed by atoms with van der Waals surface area (Å²) in [5.41, 5.74) is 5.35. The number of aliphatic carboxylic acids is 2. The van der Waals surface area contributed by atoms with E-state index in [0.29, 0.717) is 6.42 Å². The first-order valence-corrected chi connectivity index (χ1v) is 8.30. The standard InChI is InChI=1S/C15H24N4O8/c1-7(20)12(14(25)19-4-2-3-9(19)15(26)27)18-10(21)6-17-13(24)8(16)5-11(22)23/h7-9,12,20H,2-6,16H2,1H3,(H,17,24)(H,18,21)(H,22,23)(H,26,27). The van der Waals surface area contributed by atoms with E-state index in [4.69, 9.17) is 15.9 Å². The normalized spacial score (nSPS) is 19.7. The molecule has 152 valence electrons. The number of nitrogens with zero attached hydrogens (tertiary/aromatic N) is 1. The number of aliphatic hydroxyl groups excluding tert-OH is 1. The van der Waals surface area contributed by atoms with E-state index in [9.17, 15) is 29.1 Å². The van der Waals surface area contributed by atoms with Crippen LogP contribution in [-0.4, -0.2) is 87.2 Å². The smallest absolute Gasteiger partial charge is 0.326 e. The minimum absolute atomic E-state index is 0.190. The fourth-order valence-corrected chi connectivity index (χ4v) is 2.66. The van der Waals surface area contributed by atoms with E-state index in [0.717, 1.165) is 4.90 Å². The Hall–Kier alpha value is -2.73. The quantitative estimate of drug-likeness (QED) is 0.236. The van der Waals surface area contributed by atoms with Gasteiger partial charge in [0.1, 0.15) is 12.1 Å². The van der Waals surface area contributed by atoms with Crippen molar-refractivity contribution in [1.82, 2.24) is 15.5 Å². The molecule has 12 heteroatoms. The molecule has 1 aliphatic heterocycles. The number of amides is 3. The van der Waals surface area contributed by atoms with E-state index in [1.807, 2.05) is 0 Å². The fraction of sp³-hybridized carbons (Fsp3) is 0.667. The molecule has 27 heavy (non-hydrogen) atoms. The number of rotatable bonds is 9. The van der Waals surface area contributed by atoms with Crippen LogP contribution in [0.1, 0.15) is 26.2 Å². The highest BCUT2D eigenvalue weighted by molar-refractivity contribution is 5.93. The highest BCUT2D eigenvalue weighted by Crippen LogP contribution is 2.19. The molecule has 7 N–H and O–H groups in total. The van der Waals surface area contributed by atoms with Gasteiger partial charge in [0.15, 0.2) is 0 Å². The molecule has 0 aromatic heterocycles. The van der Waals surface area contributed by atoms with Crippen molar-refractivity contribution in [2.24, 2.45) is 5.73 Å². The van der Waals surface area contributed by atoms with Gasteiger partial charge in [-0.2, -0.15) is 0 Å². The molecular formula is C15H24N4O8. The monoisotopic (exact) mass is 388 g/mol. The maximum absolute atomic E-state index is 12.5. The zero-order valence-electron chi connectivity index (χ0n) is 14.8. The van der Waals surface area contributed by atoms with Crippen LogP contribution in [0.5, 0.6) is 0 Å². The van der Waals surface area contributed by atoms with Gasteiger partial charge < -0.3 is 36.6 Å². The first-order chi connectivity index (χ1) is 12.5. The van der Waals surface area contributed by atoms with Crippen molar-refractivity contribution in [3.8, 4) is 0 Å². The number of hydrogen-bond donors (Lipinski definition) is 6. The van der Waals surface area contributed by atoms with Gasteiger partial charge in [0.05, 0.1) is 25.1 Å². The van der Waals surface area contributed by atoms with Crippen molar-refractivity contribution >= 4 is 29.7 Å². The number of carboxylic acid groups (broad SMARTS) is 2. The summed E-state index contributed by atoms with van der Waals surface area (Å²) in [4.78, 5) is 58.9. The minimum Gasteiger partial charge on any atom is -0.481 e. The third kappa shape index (κ3) is 6.49. The summed E-state index contributed by atoms with van der Waals surface area (Å²) in [6.07, 6.45) is -1.16. The van der Waals surface area contributed by atoms with Gasteiger partial charge in [0.25, 0.3) is 0 Å². The number of nitrogens with one attached hydrogen (secondary N) is 2. The Morgan fingerprint density at radius 2 is 1.85 bits per heavy atom. The highest BCUT2D eigenvalue weighted by Gasteiger charge is 2.39. The van der Waals surface area contributed by atoms with Gasteiger partial charge in [-0.15, -0.1) is 0 Å². The van der Waals surface area contributed by atoms with Crippen LogP contribution in [0.4, 0.5) is 0 Å². The Bertz CT molecular complexity index is 609. The Morgan fingerprint density at radius 1 is 1.22 bits per heavy atom. The third-order valence-electron chi connectivity index (χ3n) is 4.04. The van der Waals surface area contributed by atoms with Crippen LogP contribution in [0, 0.1) is 0 Å². The number of carbonyl (C=O) groups excluding carboxylic acids is 3. The van der Waals surface area contributed by atoms with Gasteiger partial charge in [-0.3, -0.25) is 19.2 Å². The number of hydrogen-bond acceptors (Lipinski definition) is 7. The van der Waals surface area contributed by atoms with Crippen molar-refractivity contribution in [1.29, 1.82) is 0 Å². The lowest BCUT2D eigenvalue weighted by atomic mass is 10.1.